The fourth-order valence-electron chi connectivity index (χ4n) is 2.98. The molecule has 0 heterocycles. The van der Waals surface area contributed by atoms with Crippen LogP contribution in [0.2, 0.25) is 5.02 Å². The van der Waals surface area contributed by atoms with Crippen LogP contribution in [-0.2, 0) is 16.1 Å². The lowest BCUT2D eigenvalue weighted by atomic mass is 10.1. The highest BCUT2D eigenvalue weighted by Crippen LogP contribution is 2.22. The van der Waals surface area contributed by atoms with E-state index in [0.717, 1.165) is 27.1 Å². The minimum atomic E-state index is -0.561. The molecular formula is C24H30BrClN2O2S. The van der Waals surface area contributed by atoms with E-state index in [-0.39, 0.29) is 17.4 Å². The Bertz CT molecular complexity index is 884. The quantitative estimate of drug-likeness (QED) is 0.308. The lowest BCUT2D eigenvalue weighted by Crippen LogP contribution is -2.52. The molecule has 2 aromatic carbocycles. The van der Waals surface area contributed by atoms with Crippen molar-refractivity contribution in [1.29, 1.82) is 0 Å². The summed E-state index contributed by atoms with van der Waals surface area (Å²) in [5, 5.41) is 3.70. The summed E-state index contributed by atoms with van der Waals surface area (Å²) in [6.07, 6.45) is 1.12. The smallest absolute Gasteiger partial charge is 0.242 e. The Balaban J connectivity index is 2.02. The summed E-state index contributed by atoms with van der Waals surface area (Å²) < 4.78 is 0.948. The molecule has 0 saturated heterocycles. The molecule has 1 N–H and O–H groups in total. The molecule has 7 heteroatoms. The van der Waals surface area contributed by atoms with E-state index in [1.54, 1.807) is 23.6 Å². The molecule has 0 radical (unpaired) electrons. The molecule has 0 spiro atoms. The van der Waals surface area contributed by atoms with Gasteiger partial charge in [-0.25, -0.2) is 0 Å². The third kappa shape index (κ3) is 9.26. The van der Waals surface area contributed by atoms with Crippen LogP contribution in [0.25, 0.3) is 0 Å². The Labute approximate surface area is 203 Å². The standard InChI is InChI=1S/C24H30BrClN2O2S/c1-17(23(30)27-24(2,3)4)28(16-18-7-5-8-19(25)15-18)22(29)9-6-14-31-21-12-10-20(26)11-13-21/h5,7-8,10-13,15,17H,6,9,14,16H2,1-4H3,(H,27,30). The molecule has 2 rings (SSSR count). The molecule has 0 aliphatic heterocycles. The van der Waals surface area contributed by atoms with Crippen LogP contribution in [0.4, 0.5) is 0 Å². The minimum Gasteiger partial charge on any atom is -0.350 e. The summed E-state index contributed by atoms with van der Waals surface area (Å²) in [4.78, 5) is 28.7. The van der Waals surface area contributed by atoms with E-state index in [2.05, 4.69) is 21.2 Å². The van der Waals surface area contributed by atoms with Gasteiger partial charge in [-0.1, -0.05) is 39.7 Å². The molecule has 0 aliphatic rings. The van der Waals surface area contributed by atoms with E-state index in [9.17, 15) is 9.59 Å². The van der Waals surface area contributed by atoms with Gasteiger partial charge in [-0.3, -0.25) is 9.59 Å². The van der Waals surface area contributed by atoms with Crippen LogP contribution in [0.3, 0.4) is 0 Å². The molecule has 0 bridgehead atoms. The van der Waals surface area contributed by atoms with Crippen LogP contribution in [-0.4, -0.2) is 34.0 Å². The van der Waals surface area contributed by atoms with Gasteiger partial charge in [0.15, 0.2) is 0 Å². The van der Waals surface area contributed by atoms with Gasteiger partial charge in [0.05, 0.1) is 0 Å². The van der Waals surface area contributed by atoms with E-state index in [0.29, 0.717) is 18.0 Å². The van der Waals surface area contributed by atoms with Gasteiger partial charge in [-0.15, -0.1) is 11.8 Å². The maximum atomic E-state index is 13.1. The minimum absolute atomic E-state index is 0.0201. The summed E-state index contributed by atoms with van der Waals surface area (Å²) in [6, 6.07) is 15.0. The predicted octanol–water partition coefficient (Wildman–Crippen LogP) is 6.31. The molecule has 0 fully saturated rings. The van der Waals surface area contributed by atoms with Gasteiger partial charge in [0, 0.05) is 32.9 Å². The molecule has 0 aromatic heterocycles. The molecule has 2 amide bonds. The monoisotopic (exact) mass is 524 g/mol. The van der Waals surface area contributed by atoms with Crippen LogP contribution in [0, 0.1) is 0 Å². The SMILES string of the molecule is CC(C(=O)NC(C)(C)C)N(Cc1cccc(Br)c1)C(=O)CCCSc1ccc(Cl)cc1. The average Bonchev–Trinajstić information content (AvgIpc) is 2.69. The summed E-state index contributed by atoms with van der Waals surface area (Å²) in [7, 11) is 0. The number of carbonyl (C=O) groups excluding carboxylic acids is 2. The number of rotatable bonds is 9. The first-order chi connectivity index (χ1) is 14.5. The number of nitrogens with one attached hydrogen (secondary N) is 1. The van der Waals surface area contributed by atoms with Gasteiger partial charge in [-0.05, 0) is 81.8 Å². The number of hydrogen-bond donors (Lipinski definition) is 1. The Hall–Kier alpha value is -1.50. The van der Waals surface area contributed by atoms with Crippen molar-refractivity contribution in [3.05, 3.63) is 63.6 Å². The van der Waals surface area contributed by atoms with Crippen molar-refractivity contribution in [3.8, 4) is 0 Å². The molecule has 1 unspecified atom stereocenters. The zero-order chi connectivity index (χ0) is 23.0. The zero-order valence-electron chi connectivity index (χ0n) is 18.5. The van der Waals surface area contributed by atoms with Crippen molar-refractivity contribution in [2.24, 2.45) is 0 Å². The van der Waals surface area contributed by atoms with E-state index in [1.807, 2.05) is 69.3 Å². The van der Waals surface area contributed by atoms with E-state index in [1.165, 1.54) is 0 Å². The molecule has 2 aromatic rings. The van der Waals surface area contributed by atoms with E-state index in [4.69, 9.17) is 11.6 Å². The molecule has 1 atom stereocenters. The maximum Gasteiger partial charge on any atom is 0.242 e. The van der Waals surface area contributed by atoms with E-state index < -0.39 is 6.04 Å². The van der Waals surface area contributed by atoms with Gasteiger partial charge < -0.3 is 10.2 Å². The summed E-state index contributed by atoms with van der Waals surface area (Å²) in [5.74, 6) is 0.653. The molecule has 168 valence electrons. The highest BCUT2D eigenvalue weighted by atomic mass is 79.9. The van der Waals surface area contributed by atoms with Gasteiger partial charge in [0.2, 0.25) is 11.8 Å². The van der Waals surface area contributed by atoms with Crippen molar-refractivity contribution in [3.63, 3.8) is 0 Å². The average molecular weight is 526 g/mol. The van der Waals surface area contributed by atoms with Crippen LogP contribution < -0.4 is 5.32 Å². The first kappa shape index (κ1) is 25.8. The van der Waals surface area contributed by atoms with Gasteiger partial charge >= 0.3 is 0 Å². The number of thioether (sulfide) groups is 1. The second kappa shape index (κ2) is 11.9. The van der Waals surface area contributed by atoms with Gasteiger partial charge in [0.1, 0.15) is 6.04 Å². The molecule has 31 heavy (non-hydrogen) atoms. The van der Waals surface area contributed by atoms with Crippen molar-refractivity contribution in [2.75, 3.05) is 5.75 Å². The van der Waals surface area contributed by atoms with Gasteiger partial charge in [0.25, 0.3) is 0 Å². The number of benzene rings is 2. The molecular weight excluding hydrogens is 496 g/mol. The first-order valence-electron chi connectivity index (χ1n) is 10.3. The van der Waals surface area contributed by atoms with Crippen molar-refractivity contribution >= 4 is 51.1 Å². The van der Waals surface area contributed by atoms with Crippen LogP contribution >= 0.6 is 39.3 Å². The highest BCUT2D eigenvalue weighted by Gasteiger charge is 2.28. The lowest BCUT2D eigenvalue weighted by molar-refractivity contribution is -0.141. The predicted molar refractivity (Wildman–Crippen MR) is 133 cm³/mol. The fourth-order valence-corrected chi connectivity index (χ4v) is 4.40. The number of amides is 2. The fraction of sp³-hybridized carbons (Fsp3) is 0.417. The second-order valence-electron chi connectivity index (χ2n) is 8.47. The molecule has 4 nitrogen and oxygen atoms in total. The maximum absolute atomic E-state index is 13.1. The summed E-state index contributed by atoms with van der Waals surface area (Å²) in [6.45, 7) is 7.99. The van der Waals surface area contributed by atoms with Crippen LogP contribution in [0.5, 0.6) is 0 Å². The van der Waals surface area contributed by atoms with Crippen LogP contribution in [0.15, 0.2) is 57.9 Å². The first-order valence-corrected chi connectivity index (χ1v) is 12.4. The Morgan fingerprint density at radius 2 is 1.84 bits per heavy atom. The largest absolute Gasteiger partial charge is 0.350 e. The topological polar surface area (TPSA) is 49.4 Å². The number of hydrogen-bond acceptors (Lipinski definition) is 3. The third-order valence-electron chi connectivity index (χ3n) is 4.52. The van der Waals surface area contributed by atoms with E-state index >= 15 is 0 Å². The lowest BCUT2D eigenvalue weighted by Gasteiger charge is -2.31. The van der Waals surface area contributed by atoms with Crippen molar-refractivity contribution < 1.29 is 9.59 Å². The normalized spacial score (nSPS) is 12.3. The molecule has 0 saturated carbocycles. The van der Waals surface area contributed by atoms with Crippen molar-refractivity contribution in [1.82, 2.24) is 10.2 Å². The van der Waals surface area contributed by atoms with Crippen LogP contribution in [0.1, 0.15) is 46.1 Å². The highest BCUT2D eigenvalue weighted by molar-refractivity contribution is 9.10. The second-order valence-corrected chi connectivity index (χ2v) is 11.0. The third-order valence-corrected chi connectivity index (χ3v) is 6.37. The Kier molecular flexibility index (Phi) is 9.91. The van der Waals surface area contributed by atoms with Crippen molar-refractivity contribution in [2.45, 2.75) is 63.6 Å². The summed E-state index contributed by atoms with van der Waals surface area (Å²) >= 11 is 11.1. The zero-order valence-corrected chi connectivity index (χ0v) is 21.6. The number of nitrogens with zero attached hydrogens (tertiary/aromatic N) is 1. The van der Waals surface area contributed by atoms with Gasteiger partial charge in [-0.2, -0.15) is 0 Å². The summed E-state index contributed by atoms with van der Waals surface area (Å²) in [5.41, 5.74) is 0.624. The molecule has 0 aliphatic carbocycles. The number of carbonyl (C=O) groups is 2. The Morgan fingerprint density at radius 3 is 2.45 bits per heavy atom. The Morgan fingerprint density at radius 1 is 1.16 bits per heavy atom. The number of halogens is 2.